The molecular weight excluding hydrogens is 423 g/mol. The highest BCUT2D eigenvalue weighted by Gasteiger charge is 2.22. The molecule has 2 rings (SSSR count). The Balaban J connectivity index is 1.97. The molecule has 7 nitrogen and oxygen atoms in total. The van der Waals surface area contributed by atoms with Crippen molar-refractivity contribution >= 4 is 33.2 Å². The molecule has 0 spiro atoms. The van der Waals surface area contributed by atoms with Gasteiger partial charge in [0.1, 0.15) is 30.5 Å². The van der Waals surface area contributed by atoms with Gasteiger partial charge in [0.05, 0.1) is 30.1 Å². The van der Waals surface area contributed by atoms with Crippen molar-refractivity contribution in [2.45, 2.75) is 13.0 Å². The smallest absolute Gasteiger partial charge is 0.241 e. The van der Waals surface area contributed by atoms with Gasteiger partial charge in [-0.05, 0) is 49.4 Å². The van der Waals surface area contributed by atoms with Crippen LogP contribution in [0, 0.1) is 5.82 Å². The van der Waals surface area contributed by atoms with Gasteiger partial charge in [0.15, 0.2) is 0 Å². The lowest BCUT2D eigenvalue weighted by atomic mass is 10.3. The predicted octanol–water partition coefficient (Wildman–Crippen LogP) is 2.84. The molecule has 0 saturated heterocycles. The van der Waals surface area contributed by atoms with E-state index in [2.05, 4.69) is 5.32 Å². The van der Waals surface area contributed by atoms with E-state index in [0.717, 1.165) is 22.7 Å². The van der Waals surface area contributed by atoms with Crippen molar-refractivity contribution in [1.29, 1.82) is 0 Å². The van der Waals surface area contributed by atoms with E-state index in [9.17, 15) is 17.6 Å². The first kappa shape index (κ1) is 22.8. The van der Waals surface area contributed by atoms with Gasteiger partial charge >= 0.3 is 0 Å². The first-order chi connectivity index (χ1) is 13.6. The fourth-order valence-electron chi connectivity index (χ4n) is 2.43. The summed E-state index contributed by atoms with van der Waals surface area (Å²) in [6, 6.07) is 10.0. The summed E-state index contributed by atoms with van der Waals surface area (Å²) >= 11 is 5.73. The van der Waals surface area contributed by atoms with Crippen LogP contribution in [0.3, 0.4) is 0 Å². The zero-order chi connectivity index (χ0) is 21.6. The van der Waals surface area contributed by atoms with Crippen molar-refractivity contribution in [2.75, 3.05) is 30.8 Å². The number of benzene rings is 2. The van der Waals surface area contributed by atoms with Gasteiger partial charge in [-0.25, -0.2) is 12.8 Å². The van der Waals surface area contributed by atoms with E-state index < -0.39 is 28.3 Å². The number of amides is 1. The van der Waals surface area contributed by atoms with Gasteiger partial charge in [0, 0.05) is 0 Å². The molecule has 0 fully saturated rings. The second-order valence-corrected chi connectivity index (χ2v) is 8.64. The number of anilines is 1. The van der Waals surface area contributed by atoms with Gasteiger partial charge in [0.25, 0.3) is 0 Å². The van der Waals surface area contributed by atoms with E-state index >= 15 is 0 Å². The van der Waals surface area contributed by atoms with Crippen molar-refractivity contribution in [1.82, 2.24) is 5.32 Å². The van der Waals surface area contributed by atoms with Crippen LogP contribution in [0.15, 0.2) is 42.5 Å². The van der Waals surface area contributed by atoms with Crippen molar-refractivity contribution < 1.29 is 27.1 Å². The number of methoxy groups -OCH3 is 1. The van der Waals surface area contributed by atoms with Gasteiger partial charge in [-0.3, -0.25) is 9.10 Å². The third-order valence-corrected chi connectivity index (χ3v) is 5.28. The molecular formula is C19H22ClFN2O5S. The van der Waals surface area contributed by atoms with Crippen LogP contribution in [0.1, 0.15) is 6.92 Å². The Labute approximate surface area is 174 Å². The Kier molecular flexibility index (Phi) is 7.69. The molecule has 0 aromatic heterocycles. The van der Waals surface area contributed by atoms with Crippen molar-refractivity contribution in [3.05, 3.63) is 53.3 Å². The van der Waals surface area contributed by atoms with Gasteiger partial charge in [-0.1, -0.05) is 11.6 Å². The summed E-state index contributed by atoms with van der Waals surface area (Å²) < 4.78 is 49.0. The Morgan fingerprint density at radius 1 is 1.21 bits per heavy atom. The lowest BCUT2D eigenvalue weighted by molar-refractivity contribution is -0.120. The van der Waals surface area contributed by atoms with Gasteiger partial charge in [-0.15, -0.1) is 0 Å². The van der Waals surface area contributed by atoms with E-state index in [4.69, 9.17) is 21.1 Å². The summed E-state index contributed by atoms with van der Waals surface area (Å²) in [5.74, 6) is 0.0744. The SMILES string of the molecule is COc1ccc(OC[C@H](C)NC(=O)CN(c2ccc(F)c(Cl)c2)S(C)(=O)=O)cc1. The molecule has 0 unspecified atom stereocenters. The molecule has 1 amide bonds. The number of sulfonamides is 1. The number of carbonyl (C=O) groups is 1. The second-order valence-electron chi connectivity index (χ2n) is 6.32. The summed E-state index contributed by atoms with van der Waals surface area (Å²) in [6.45, 7) is 1.42. The van der Waals surface area contributed by atoms with Gasteiger partial charge in [0.2, 0.25) is 15.9 Å². The van der Waals surface area contributed by atoms with E-state index in [1.54, 1.807) is 38.3 Å². The number of hydrogen-bond acceptors (Lipinski definition) is 5. The van der Waals surface area contributed by atoms with Gasteiger partial charge in [-0.2, -0.15) is 0 Å². The zero-order valence-corrected chi connectivity index (χ0v) is 17.8. The minimum absolute atomic E-state index is 0.0937. The van der Waals surface area contributed by atoms with E-state index in [-0.39, 0.29) is 23.4 Å². The molecule has 0 saturated carbocycles. The number of nitrogens with one attached hydrogen (secondary N) is 1. The second kappa shape index (κ2) is 9.80. The Hall–Kier alpha value is -2.52. The minimum Gasteiger partial charge on any atom is -0.497 e. The fourth-order valence-corrected chi connectivity index (χ4v) is 3.45. The third-order valence-electron chi connectivity index (χ3n) is 3.85. The molecule has 2 aromatic rings. The van der Waals surface area contributed by atoms with E-state index in [1.807, 2.05) is 0 Å². The molecule has 0 heterocycles. The quantitative estimate of drug-likeness (QED) is 0.642. The summed E-state index contributed by atoms with van der Waals surface area (Å²) in [6.07, 6.45) is 0.952. The average molecular weight is 445 g/mol. The van der Waals surface area contributed by atoms with Crippen LogP contribution in [-0.4, -0.2) is 46.9 Å². The molecule has 0 aliphatic heterocycles. The molecule has 0 aliphatic carbocycles. The Bertz CT molecular complexity index is 954. The minimum atomic E-state index is -3.79. The maximum absolute atomic E-state index is 13.4. The molecule has 158 valence electrons. The van der Waals surface area contributed by atoms with Crippen LogP contribution >= 0.6 is 11.6 Å². The number of hydrogen-bond donors (Lipinski definition) is 1. The standard InChI is InChI=1S/C19H22ClFN2O5S/c1-13(12-28-16-7-5-15(27-2)6-8-16)22-19(24)11-23(29(3,25)26)14-4-9-18(21)17(20)10-14/h4-10,13H,11-12H2,1-3H3,(H,22,24)/t13-/m0/s1. The van der Waals surface area contributed by atoms with Crippen molar-refractivity contribution in [2.24, 2.45) is 0 Å². The Morgan fingerprint density at radius 3 is 2.38 bits per heavy atom. The van der Waals surface area contributed by atoms with Crippen molar-refractivity contribution in [3.8, 4) is 11.5 Å². The monoisotopic (exact) mass is 444 g/mol. The normalized spacial score (nSPS) is 12.2. The van der Waals surface area contributed by atoms with Crippen LogP contribution in [0.5, 0.6) is 11.5 Å². The lowest BCUT2D eigenvalue weighted by Gasteiger charge is -2.23. The third kappa shape index (κ3) is 6.79. The molecule has 0 aliphatic rings. The fraction of sp³-hybridized carbons (Fsp3) is 0.316. The first-order valence-corrected chi connectivity index (χ1v) is 10.8. The summed E-state index contributed by atoms with van der Waals surface area (Å²) in [5, 5.41) is 2.43. The van der Waals surface area contributed by atoms with Crippen LogP contribution < -0.4 is 19.1 Å². The van der Waals surface area contributed by atoms with E-state index in [0.29, 0.717) is 11.5 Å². The summed E-state index contributed by atoms with van der Waals surface area (Å²) in [5.41, 5.74) is 0.0937. The van der Waals surface area contributed by atoms with Crippen LogP contribution in [-0.2, 0) is 14.8 Å². The average Bonchev–Trinajstić information content (AvgIpc) is 2.66. The van der Waals surface area contributed by atoms with Crippen molar-refractivity contribution in [3.63, 3.8) is 0 Å². The Morgan fingerprint density at radius 2 is 1.83 bits per heavy atom. The molecule has 29 heavy (non-hydrogen) atoms. The maximum Gasteiger partial charge on any atom is 0.241 e. The van der Waals surface area contributed by atoms with Crippen LogP contribution in [0.4, 0.5) is 10.1 Å². The highest BCUT2D eigenvalue weighted by Crippen LogP contribution is 2.24. The summed E-state index contributed by atoms with van der Waals surface area (Å²) in [4.78, 5) is 12.3. The molecule has 0 bridgehead atoms. The van der Waals surface area contributed by atoms with Crippen LogP contribution in [0.25, 0.3) is 0 Å². The highest BCUT2D eigenvalue weighted by molar-refractivity contribution is 7.92. The molecule has 1 N–H and O–H groups in total. The number of ether oxygens (including phenoxy) is 2. The lowest BCUT2D eigenvalue weighted by Crippen LogP contribution is -2.44. The topological polar surface area (TPSA) is 84.9 Å². The number of nitrogens with zero attached hydrogens (tertiary/aromatic N) is 1. The van der Waals surface area contributed by atoms with Gasteiger partial charge < -0.3 is 14.8 Å². The highest BCUT2D eigenvalue weighted by atomic mass is 35.5. The van der Waals surface area contributed by atoms with Crippen LogP contribution in [0.2, 0.25) is 5.02 Å². The number of rotatable bonds is 9. The number of halogens is 2. The molecule has 10 heteroatoms. The largest absolute Gasteiger partial charge is 0.497 e. The molecule has 0 radical (unpaired) electrons. The number of carbonyl (C=O) groups excluding carboxylic acids is 1. The maximum atomic E-state index is 13.4. The molecule has 1 atom stereocenters. The zero-order valence-electron chi connectivity index (χ0n) is 16.2. The molecule has 2 aromatic carbocycles. The van der Waals surface area contributed by atoms with E-state index in [1.165, 1.54) is 6.07 Å². The first-order valence-electron chi connectivity index (χ1n) is 8.59. The summed E-state index contributed by atoms with van der Waals surface area (Å²) in [7, 11) is -2.23. The predicted molar refractivity (Wildman–Crippen MR) is 110 cm³/mol.